The van der Waals surface area contributed by atoms with E-state index < -0.39 is 17.9 Å². The van der Waals surface area contributed by atoms with Crippen molar-refractivity contribution in [2.75, 3.05) is 18.5 Å². The number of amides is 2. The summed E-state index contributed by atoms with van der Waals surface area (Å²) in [5.41, 5.74) is -0.117. The first kappa shape index (κ1) is 25.0. The summed E-state index contributed by atoms with van der Waals surface area (Å²) in [6.07, 6.45) is -4.62. The number of aromatic nitrogens is 2. The lowest BCUT2D eigenvalue weighted by Crippen LogP contribution is -2.29. The van der Waals surface area contributed by atoms with Crippen LogP contribution in [-0.4, -0.2) is 33.9 Å². The Balaban J connectivity index is 1.78. The van der Waals surface area contributed by atoms with Crippen LogP contribution < -0.4 is 20.9 Å². The Kier molecular flexibility index (Phi) is 7.77. The number of nitrogens with zero attached hydrogens (tertiary/aromatic N) is 2. The number of urea groups is 1. The lowest BCUT2D eigenvalue weighted by molar-refractivity contribution is -0.141. The zero-order valence-electron chi connectivity index (χ0n) is 18.6. The highest BCUT2D eigenvalue weighted by Gasteiger charge is 2.33. The van der Waals surface area contributed by atoms with Crippen molar-refractivity contribution < 1.29 is 27.8 Å². The molecule has 3 aromatic rings. The van der Waals surface area contributed by atoms with Gasteiger partial charge in [0.15, 0.2) is 0 Å². The Labute approximate surface area is 193 Å². The molecule has 0 bridgehead atoms. The predicted octanol–water partition coefficient (Wildman–Crippen LogP) is 3.76. The van der Waals surface area contributed by atoms with E-state index in [9.17, 15) is 27.9 Å². The zero-order chi connectivity index (χ0) is 24.9. The Hall–Kier alpha value is -3.60. The summed E-state index contributed by atoms with van der Waals surface area (Å²) in [5.74, 6) is -0.128. The number of carbonyl (C=O) groups excluding carboxylic acids is 1. The third-order valence-electron chi connectivity index (χ3n) is 4.83. The lowest BCUT2D eigenvalue weighted by Gasteiger charge is -2.16. The van der Waals surface area contributed by atoms with Crippen molar-refractivity contribution in [1.29, 1.82) is 0 Å². The molecule has 2 amide bonds. The van der Waals surface area contributed by atoms with Crippen LogP contribution in [0.2, 0.25) is 0 Å². The van der Waals surface area contributed by atoms with Crippen LogP contribution in [0.25, 0.3) is 10.9 Å². The number of pyridine rings is 2. The minimum absolute atomic E-state index is 0.0649. The number of halogens is 3. The molecule has 2 heterocycles. The van der Waals surface area contributed by atoms with Crippen molar-refractivity contribution in [3.8, 4) is 5.88 Å². The molecule has 0 aliphatic rings. The van der Waals surface area contributed by atoms with Crippen LogP contribution in [0, 0.1) is 5.92 Å². The summed E-state index contributed by atoms with van der Waals surface area (Å²) >= 11 is 0. The number of nitrogens with one attached hydrogen (secondary N) is 2. The maximum absolute atomic E-state index is 13.1. The second kappa shape index (κ2) is 10.6. The van der Waals surface area contributed by atoms with E-state index in [1.807, 2.05) is 13.8 Å². The number of carbonyl (C=O) groups is 1. The molecule has 0 saturated heterocycles. The summed E-state index contributed by atoms with van der Waals surface area (Å²) in [6, 6.07) is 9.35. The van der Waals surface area contributed by atoms with Gasteiger partial charge in [0.1, 0.15) is 5.69 Å². The first-order valence-electron chi connectivity index (χ1n) is 10.6. The standard InChI is InChI=1S/C23H25F3N4O4/c1-14(2)13-34-21-15(6-8-19(29-21)23(24,25)26)12-27-22(33)28-17-4-3-5-18-16(17)7-9-20(32)30(18)10-11-31/h3-9,14,31H,10-13H2,1-2H3,(H2,27,28,33). The Bertz CT molecular complexity index is 1230. The SMILES string of the molecule is CC(C)COc1nc(C(F)(F)F)ccc1CNC(=O)Nc1cccc2c1ccc(=O)n2CCO. The van der Waals surface area contributed by atoms with Gasteiger partial charge >= 0.3 is 12.2 Å². The lowest BCUT2D eigenvalue weighted by atomic mass is 10.1. The van der Waals surface area contributed by atoms with Crippen LogP contribution in [0.3, 0.4) is 0 Å². The van der Waals surface area contributed by atoms with Crippen molar-refractivity contribution >= 4 is 22.6 Å². The first-order chi connectivity index (χ1) is 16.1. The maximum Gasteiger partial charge on any atom is 0.433 e. The highest BCUT2D eigenvalue weighted by atomic mass is 19.4. The molecule has 3 N–H and O–H groups in total. The molecule has 0 radical (unpaired) electrons. The van der Waals surface area contributed by atoms with Crippen molar-refractivity contribution in [2.45, 2.75) is 33.1 Å². The second-order valence-corrected chi connectivity index (χ2v) is 7.96. The number of aliphatic hydroxyl groups excluding tert-OH is 1. The van der Waals surface area contributed by atoms with Gasteiger partial charge in [0, 0.05) is 30.1 Å². The third kappa shape index (κ3) is 6.04. The van der Waals surface area contributed by atoms with Crippen molar-refractivity contribution in [1.82, 2.24) is 14.9 Å². The molecular formula is C23H25F3N4O4. The second-order valence-electron chi connectivity index (χ2n) is 7.96. The zero-order valence-corrected chi connectivity index (χ0v) is 18.6. The minimum atomic E-state index is -4.62. The summed E-state index contributed by atoms with van der Waals surface area (Å²) in [6.45, 7) is 3.63. The van der Waals surface area contributed by atoms with Crippen molar-refractivity contribution in [3.05, 3.63) is 64.1 Å². The Morgan fingerprint density at radius 2 is 1.94 bits per heavy atom. The quantitative estimate of drug-likeness (QED) is 0.457. The molecular weight excluding hydrogens is 453 g/mol. The number of hydrogen-bond acceptors (Lipinski definition) is 5. The van der Waals surface area contributed by atoms with Crippen molar-refractivity contribution in [2.24, 2.45) is 5.92 Å². The van der Waals surface area contributed by atoms with E-state index in [1.165, 1.54) is 16.7 Å². The number of hydrogen-bond donors (Lipinski definition) is 3. The third-order valence-corrected chi connectivity index (χ3v) is 4.83. The highest BCUT2D eigenvalue weighted by molar-refractivity contribution is 6.00. The van der Waals surface area contributed by atoms with Gasteiger partial charge in [-0.1, -0.05) is 19.9 Å². The highest BCUT2D eigenvalue weighted by Crippen LogP contribution is 2.30. The van der Waals surface area contributed by atoms with Gasteiger partial charge in [-0.3, -0.25) is 4.79 Å². The number of fused-ring (bicyclic) bond motifs is 1. The van der Waals surface area contributed by atoms with Gasteiger partial charge in [-0.25, -0.2) is 9.78 Å². The molecule has 3 rings (SSSR count). The van der Waals surface area contributed by atoms with Crippen LogP contribution in [0.1, 0.15) is 25.1 Å². The van der Waals surface area contributed by atoms with E-state index in [4.69, 9.17) is 4.74 Å². The van der Waals surface area contributed by atoms with E-state index in [0.29, 0.717) is 22.2 Å². The summed E-state index contributed by atoms with van der Waals surface area (Å²) in [7, 11) is 0. The van der Waals surface area contributed by atoms with E-state index in [0.717, 1.165) is 6.07 Å². The fraction of sp³-hybridized carbons (Fsp3) is 0.348. The normalized spacial score (nSPS) is 11.6. The van der Waals surface area contributed by atoms with Crippen LogP contribution in [0.4, 0.5) is 23.7 Å². The fourth-order valence-corrected chi connectivity index (χ4v) is 3.24. The van der Waals surface area contributed by atoms with E-state index in [-0.39, 0.29) is 43.7 Å². The molecule has 0 saturated carbocycles. The molecule has 182 valence electrons. The summed E-state index contributed by atoms with van der Waals surface area (Å²) < 4.78 is 46.0. The molecule has 0 aliphatic carbocycles. The number of benzene rings is 1. The summed E-state index contributed by atoms with van der Waals surface area (Å²) in [5, 5.41) is 15.1. The van der Waals surface area contributed by atoms with Gasteiger partial charge in [0.05, 0.1) is 24.4 Å². The van der Waals surface area contributed by atoms with Gasteiger partial charge in [-0.05, 0) is 36.2 Å². The number of rotatable bonds is 8. The molecule has 2 aromatic heterocycles. The van der Waals surface area contributed by atoms with Crippen LogP contribution in [-0.2, 0) is 19.3 Å². The number of alkyl halides is 3. The molecule has 1 aromatic carbocycles. The molecule has 0 fully saturated rings. The first-order valence-corrected chi connectivity index (χ1v) is 10.6. The fourth-order valence-electron chi connectivity index (χ4n) is 3.24. The van der Waals surface area contributed by atoms with E-state index >= 15 is 0 Å². The molecule has 0 spiro atoms. The van der Waals surface area contributed by atoms with Crippen LogP contribution >= 0.6 is 0 Å². The molecule has 8 nitrogen and oxygen atoms in total. The molecule has 0 aliphatic heterocycles. The molecule has 34 heavy (non-hydrogen) atoms. The average Bonchev–Trinajstić information content (AvgIpc) is 2.78. The topological polar surface area (TPSA) is 105 Å². The van der Waals surface area contributed by atoms with Crippen LogP contribution in [0.15, 0.2) is 47.3 Å². The number of aliphatic hydroxyl groups is 1. The Morgan fingerprint density at radius 1 is 1.18 bits per heavy atom. The van der Waals surface area contributed by atoms with Gasteiger partial charge in [0.2, 0.25) is 5.88 Å². The van der Waals surface area contributed by atoms with Gasteiger partial charge in [-0.15, -0.1) is 0 Å². The maximum atomic E-state index is 13.1. The van der Waals surface area contributed by atoms with E-state index in [1.54, 1.807) is 24.3 Å². The predicted molar refractivity (Wildman–Crippen MR) is 121 cm³/mol. The Morgan fingerprint density at radius 3 is 2.62 bits per heavy atom. The largest absolute Gasteiger partial charge is 0.477 e. The molecule has 0 unspecified atom stereocenters. The van der Waals surface area contributed by atoms with Gasteiger partial charge in [-0.2, -0.15) is 13.2 Å². The van der Waals surface area contributed by atoms with Crippen LogP contribution in [0.5, 0.6) is 5.88 Å². The van der Waals surface area contributed by atoms with Crippen molar-refractivity contribution in [3.63, 3.8) is 0 Å². The molecule has 0 atom stereocenters. The summed E-state index contributed by atoms with van der Waals surface area (Å²) in [4.78, 5) is 28.2. The number of ether oxygens (including phenoxy) is 1. The number of anilines is 1. The van der Waals surface area contributed by atoms with E-state index in [2.05, 4.69) is 15.6 Å². The van der Waals surface area contributed by atoms with Gasteiger partial charge < -0.3 is 25.0 Å². The average molecular weight is 478 g/mol. The smallest absolute Gasteiger partial charge is 0.433 e. The van der Waals surface area contributed by atoms with Gasteiger partial charge in [0.25, 0.3) is 5.56 Å². The monoisotopic (exact) mass is 478 g/mol. The molecule has 11 heteroatoms. The minimum Gasteiger partial charge on any atom is -0.477 e.